The number of nitrogens with one attached hydrogen (secondary N) is 3. The van der Waals surface area contributed by atoms with Gasteiger partial charge in [-0.2, -0.15) is 0 Å². The number of aliphatic imine (C=N–C) groups is 1. The molecule has 6 atom stereocenters. The Balaban J connectivity index is 5.43. The summed E-state index contributed by atoms with van der Waals surface area (Å²) in [5, 5.41) is 35.4. The van der Waals surface area contributed by atoms with Crippen molar-refractivity contribution in [3.05, 3.63) is 0 Å². The number of carboxylic acids is 2. The lowest BCUT2D eigenvalue weighted by molar-refractivity contribution is -0.144. The predicted molar refractivity (Wildman–Crippen MR) is 129 cm³/mol. The number of nitrogens with zero attached hydrogens (tertiary/aromatic N) is 1. The first-order valence-electron chi connectivity index (χ1n) is 11.6. The third kappa shape index (κ3) is 12.3. The Morgan fingerprint density at radius 3 is 1.94 bits per heavy atom. The number of carboxylic acid groups (broad SMARTS) is 2. The second kappa shape index (κ2) is 16.3. The maximum atomic E-state index is 12.8. The van der Waals surface area contributed by atoms with E-state index in [-0.39, 0.29) is 25.3 Å². The molecule has 0 aliphatic carbocycles. The summed E-state index contributed by atoms with van der Waals surface area (Å²) in [5.41, 5.74) is 16.3. The molecule has 0 aromatic rings. The van der Waals surface area contributed by atoms with Crippen molar-refractivity contribution in [1.82, 2.24) is 16.0 Å². The third-order valence-electron chi connectivity index (χ3n) is 5.42. The normalized spacial score (nSPS) is 15.8. The summed E-state index contributed by atoms with van der Waals surface area (Å²) in [4.78, 5) is 64.4. The predicted octanol–water partition coefficient (Wildman–Crippen LogP) is -2.80. The van der Waals surface area contributed by atoms with Gasteiger partial charge in [-0.25, -0.2) is 4.79 Å². The summed E-state index contributed by atoms with van der Waals surface area (Å²) in [6, 6.07) is -5.28. The highest BCUT2D eigenvalue weighted by atomic mass is 16.4. The molecule has 0 aliphatic heterocycles. The van der Waals surface area contributed by atoms with E-state index in [2.05, 4.69) is 20.9 Å². The lowest BCUT2D eigenvalue weighted by atomic mass is 9.98. The van der Waals surface area contributed by atoms with Crippen molar-refractivity contribution in [2.45, 2.75) is 83.1 Å². The number of carbonyl (C=O) groups excluding carboxylic acids is 3. The molecule has 0 aromatic carbocycles. The van der Waals surface area contributed by atoms with Crippen molar-refractivity contribution in [1.29, 1.82) is 0 Å². The monoisotopic (exact) mass is 517 g/mol. The highest BCUT2D eigenvalue weighted by Gasteiger charge is 2.33. The van der Waals surface area contributed by atoms with Gasteiger partial charge in [0.2, 0.25) is 17.7 Å². The molecule has 15 heteroatoms. The molecule has 0 heterocycles. The van der Waals surface area contributed by atoms with E-state index < -0.39 is 72.3 Å². The van der Waals surface area contributed by atoms with Crippen molar-refractivity contribution in [2.75, 3.05) is 6.54 Å². The molecular weight excluding hydrogens is 478 g/mol. The largest absolute Gasteiger partial charge is 0.481 e. The smallest absolute Gasteiger partial charge is 0.326 e. The van der Waals surface area contributed by atoms with Gasteiger partial charge in [-0.1, -0.05) is 20.3 Å². The lowest BCUT2D eigenvalue weighted by Gasteiger charge is -2.27. The van der Waals surface area contributed by atoms with Gasteiger partial charge in [-0.3, -0.25) is 24.2 Å². The Bertz CT molecular complexity index is 801. The van der Waals surface area contributed by atoms with Crippen LogP contribution in [0.1, 0.15) is 52.9 Å². The molecule has 0 saturated carbocycles. The first-order valence-corrected chi connectivity index (χ1v) is 11.6. The number of carbonyl (C=O) groups is 5. The topological polar surface area (TPSA) is 273 Å². The van der Waals surface area contributed by atoms with Gasteiger partial charge in [0.05, 0.1) is 12.1 Å². The van der Waals surface area contributed by atoms with Gasteiger partial charge >= 0.3 is 11.9 Å². The number of amides is 3. The molecule has 0 radical (unpaired) electrons. The third-order valence-corrected chi connectivity index (χ3v) is 5.42. The molecule has 0 aromatic heterocycles. The first-order chi connectivity index (χ1) is 16.7. The summed E-state index contributed by atoms with van der Waals surface area (Å²) in [7, 11) is 0. The minimum absolute atomic E-state index is 0.112. The summed E-state index contributed by atoms with van der Waals surface area (Å²) >= 11 is 0. The zero-order valence-corrected chi connectivity index (χ0v) is 20.8. The van der Waals surface area contributed by atoms with E-state index in [9.17, 15) is 34.2 Å². The maximum Gasteiger partial charge on any atom is 0.326 e. The van der Waals surface area contributed by atoms with Crippen molar-refractivity contribution in [3.63, 3.8) is 0 Å². The van der Waals surface area contributed by atoms with Crippen LogP contribution >= 0.6 is 0 Å². The molecule has 12 N–H and O–H groups in total. The quantitative estimate of drug-likeness (QED) is 0.0539. The molecule has 15 nitrogen and oxygen atoms in total. The number of guanidine groups is 1. The summed E-state index contributed by atoms with van der Waals surface area (Å²) in [6.07, 6.45) is -1.29. The van der Waals surface area contributed by atoms with Gasteiger partial charge in [-0.05, 0) is 32.1 Å². The van der Waals surface area contributed by atoms with Crippen molar-refractivity contribution in [2.24, 2.45) is 28.1 Å². The molecular formula is C21H39N7O8. The number of aliphatic hydroxyl groups excluding tert-OH is 1. The van der Waals surface area contributed by atoms with Crippen molar-refractivity contribution in [3.8, 4) is 0 Å². The standard InChI is InChI=1S/C21H39N7O8/c1-4-10(2)15(20(35)36)27-18(33)13(7-8-14(30)31)26-19(34)16(11(3)29)28-17(32)12(22)6-5-9-25-21(23)24/h10-13,15-16,29H,4-9,22H2,1-3H3,(H,26,34)(H,27,33)(H,28,32)(H,30,31)(H,35,36)(H4,23,24,25). The van der Waals surface area contributed by atoms with Crippen LogP contribution < -0.4 is 33.2 Å². The summed E-state index contributed by atoms with van der Waals surface area (Å²) in [5.74, 6) is -5.74. The fraction of sp³-hybridized carbons (Fsp3) is 0.714. The molecule has 36 heavy (non-hydrogen) atoms. The minimum atomic E-state index is -1.52. The molecule has 3 amide bonds. The van der Waals surface area contributed by atoms with Crippen LogP contribution in [0.2, 0.25) is 0 Å². The number of aliphatic carboxylic acids is 2. The van der Waals surface area contributed by atoms with Crippen LogP contribution in [0.5, 0.6) is 0 Å². The first kappa shape index (κ1) is 32.5. The zero-order valence-electron chi connectivity index (χ0n) is 20.8. The Hall–Kier alpha value is -3.46. The molecule has 0 fully saturated rings. The van der Waals surface area contributed by atoms with E-state index in [1.54, 1.807) is 13.8 Å². The van der Waals surface area contributed by atoms with Crippen LogP contribution in [0.15, 0.2) is 4.99 Å². The average molecular weight is 518 g/mol. The second-order valence-corrected chi connectivity index (χ2v) is 8.49. The molecule has 0 saturated heterocycles. The Morgan fingerprint density at radius 2 is 1.47 bits per heavy atom. The van der Waals surface area contributed by atoms with Gasteiger partial charge < -0.3 is 48.5 Å². The van der Waals surface area contributed by atoms with Gasteiger partial charge in [0, 0.05) is 13.0 Å². The van der Waals surface area contributed by atoms with E-state index in [1.807, 2.05) is 0 Å². The molecule has 0 aliphatic rings. The van der Waals surface area contributed by atoms with Gasteiger partial charge in [0.25, 0.3) is 0 Å². The van der Waals surface area contributed by atoms with Gasteiger partial charge in [-0.15, -0.1) is 0 Å². The van der Waals surface area contributed by atoms with Crippen LogP contribution in [0.25, 0.3) is 0 Å². The SMILES string of the molecule is CCC(C)C(NC(=O)C(CCC(=O)O)NC(=O)C(NC(=O)C(N)CCCN=C(N)N)C(C)O)C(=O)O. The Morgan fingerprint density at radius 1 is 0.889 bits per heavy atom. The van der Waals surface area contributed by atoms with E-state index >= 15 is 0 Å². The van der Waals surface area contributed by atoms with E-state index in [1.165, 1.54) is 6.92 Å². The fourth-order valence-electron chi connectivity index (χ4n) is 3.05. The van der Waals surface area contributed by atoms with Gasteiger partial charge in [0.1, 0.15) is 18.1 Å². The lowest BCUT2D eigenvalue weighted by Crippen LogP contribution is -2.60. The van der Waals surface area contributed by atoms with Crippen molar-refractivity contribution < 1.29 is 39.3 Å². The number of hydrogen-bond acceptors (Lipinski definition) is 8. The van der Waals surface area contributed by atoms with Crippen LogP contribution in [0.3, 0.4) is 0 Å². The van der Waals surface area contributed by atoms with Crippen LogP contribution in [0.4, 0.5) is 0 Å². The number of rotatable bonds is 17. The summed E-state index contributed by atoms with van der Waals surface area (Å²) < 4.78 is 0. The zero-order chi connectivity index (χ0) is 28.0. The molecule has 0 rings (SSSR count). The van der Waals surface area contributed by atoms with Crippen LogP contribution in [-0.2, 0) is 24.0 Å². The highest BCUT2D eigenvalue weighted by Crippen LogP contribution is 2.10. The molecule has 6 unspecified atom stereocenters. The van der Waals surface area contributed by atoms with E-state index in [4.69, 9.17) is 22.3 Å². The number of nitrogens with two attached hydrogens (primary N) is 3. The van der Waals surface area contributed by atoms with Gasteiger partial charge in [0.15, 0.2) is 5.96 Å². The average Bonchev–Trinajstić information content (AvgIpc) is 2.79. The highest BCUT2D eigenvalue weighted by molar-refractivity contribution is 5.94. The Labute approximate surface area is 209 Å². The molecule has 0 bridgehead atoms. The maximum absolute atomic E-state index is 12.8. The number of aliphatic hydroxyl groups is 1. The number of hydrogen-bond donors (Lipinski definition) is 9. The fourth-order valence-corrected chi connectivity index (χ4v) is 3.05. The van der Waals surface area contributed by atoms with E-state index in [0.717, 1.165) is 0 Å². The van der Waals surface area contributed by atoms with Crippen LogP contribution in [0, 0.1) is 5.92 Å². The Kier molecular flexibility index (Phi) is 14.7. The molecule has 206 valence electrons. The van der Waals surface area contributed by atoms with E-state index in [0.29, 0.717) is 12.8 Å². The van der Waals surface area contributed by atoms with Crippen LogP contribution in [-0.4, -0.2) is 87.8 Å². The van der Waals surface area contributed by atoms with Crippen molar-refractivity contribution >= 4 is 35.6 Å². The second-order valence-electron chi connectivity index (χ2n) is 8.49. The minimum Gasteiger partial charge on any atom is -0.481 e. The molecule has 0 spiro atoms. The summed E-state index contributed by atoms with van der Waals surface area (Å²) in [6.45, 7) is 4.81.